The summed E-state index contributed by atoms with van der Waals surface area (Å²) in [6.07, 6.45) is 1.43. The highest BCUT2D eigenvalue weighted by atomic mass is 32.2. The van der Waals surface area contributed by atoms with Gasteiger partial charge in [0.05, 0.1) is 5.03 Å². The predicted molar refractivity (Wildman–Crippen MR) is 83.1 cm³/mol. The fourth-order valence-electron chi connectivity index (χ4n) is 1.92. The third kappa shape index (κ3) is 3.24. The molecule has 0 aromatic carbocycles. The Morgan fingerprint density at radius 2 is 2.09 bits per heavy atom. The number of carbonyl (C=O) groups is 2. The summed E-state index contributed by atoms with van der Waals surface area (Å²) in [6, 6.07) is 0. The maximum absolute atomic E-state index is 12.2. The second-order valence-corrected chi connectivity index (χ2v) is 6.48. The summed E-state index contributed by atoms with van der Waals surface area (Å²) in [4.78, 5) is 39.4. The number of carboxylic acid groups (broad SMARTS) is 2. The number of hydrogen-bond acceptors (Lipinski definition) is 6. The molecule has 0 atom stereocenters. The Morgan fingerprint density at radius 3 is 2.61 bits per heavy atom. The first-order chi connectivity index (χ1) is 10.7. The van der Waals surface area contributed by atoms with Gasteiger partial charge in [0.2, 0.25) is 11.0 Å². The molecule has 1 aromatic rings. The van der Waals surface area contributed by atoms with E-state index in [1.165, 1.54) is 31.8 Å². The molecule has 2 N–H and O–H groups in total. The zero-order valence-corrected chi connectivity index (χ0v) is 13.6. The molecular formula is C14H16N2O6S. The lowest BCUT2D eigenvalue weighted by Gasteiger charge is -2.16. The Morgan fingerprint density at radius 1 is 1.43 bits per heavy atom. The number of fused-ring (bicyclic) bond motifs is 1. The molecule has 2 heterocycles. The summed E-state index contributed by atoms with van der Waals surface area (Å²) in [7, 11) is 0. The van der Waals surface area contributed by atoms with Crippen molar-refractivity contribution in [3.63, 3.8) is 0 Å². The average molecular weight is 340 g/mol. The minimum atomic E-state index is -1.49. The Balaban J connectivity index is 2.38. The van der Waals surface area contributed by atoms with E-state index in [0.29, 0.717) is 22.2 Å². The summed E-state index contributed by atoms with van der Waals surface area (Å²) in [5, 5.41) is 22.9. The van der Waals surface area contributed by atoms with E-state index >= 15 is 0 Å². The maximum atomic E-state index is 12.2. The molecule has 0 radical (unpaired) electrons. The summed E-state index contributed by atoms with van der Waals surface area (Å²) < 4.78 is 1.66. The van der Waals surface area contributed by atoms with Gasteiger partial charge in [0.1, 0.15) is 10.6 Å². The molecule has 0 bridgehead atoms. The van der Waals surface area contributed by atoms with Gasteiger partial charge in [-0.15, -0.1) is 0 Å². The van der Waals surface area contributed by atoms with Crippen molar-refractivity contribution in [1.82, 2.24) is 4.57 Å². The molecule has 0 aliphatic carbocycles. The van der Waals surface area contributed by atoms with Crippen molar-refractivity contribution < 1.29 is 24.6 Å². The highest BCUT2D eigenvalue weighted by molar-refractivity contribution is 8.14. The van der Waals surface area contributed by atoms with Crippen molar-refractivity contribution in [2.75, 3.05) is 0 Å². The summed E-state index contributed by atoms with van der Waals surface area (Å²) in [5.74, 6) is -2.44. The number of aromatic nitrogens is 1. The van der Waals surface area contributed by atoms with Gasteiger partial charge >= 0.3 is 11.9 Å². The van der Waals surface area contributed by atoms with Crippen LogP contribution in [0.1, 0.15) is 36.7 Å². The molecule has 124 valence electrons. The fraction of sp³-hybridized carbons (Fsp3) is 0.429. The van der Waals surface area contributed by atoms with E-state index in [0.717, 1.165) is 0 Å². The Bertz CT molecular complexity index is 765. The van der Waals surface area contributed by atoms with Crippen LogP contribution in [0.25, 0.3) is 0 Å². The predicted octanol–water partition coefficient (Wildman–Crippen LogP) is 1.41. The van der Waals surface area contributed by atoms with E-state index < -0.39 is 23.0 Å². The van der Waals surface area contributed by atoms with Crippen molar-refractivity contribution in [3.05, 3.63) is 27.5 Å². The molecule has 2 rings (SSSR count). The lowest BCUT2D eigenvalue weighted by atomic mass is 10.1. The molecule has 1 aromatic heterocycles. The van der Waals surface area contributed by atoms with Crippen LogP contribution in [0.3, 0.4) is 0 Å². The Hall–Kier alpha value is -2.29. The molecule has 0 spiro atoms. The highest BCUT2D eigenvalue weighted by Gasteiger charge is 2.32. The SMILES string of the molecule is CCn1cc(C(=O)O)c(=O)c2c1SC(=NOC(C)(C)C(=O)O)C2. The molecule has 23 heavy (non-hydrogen) atoms. The van der Waals surface area contributed by atoms with E-state index in [-0.39, 0.29) is 12.0 Å². The zero-order valence-electron chi connectivity index (χ0n) is 12.8. The first-order valence-electron chi connectivity index (χ1n) is 6.83. The molecule has 0 saturated heterocycles. The van der Waals surface area contributed by atoms with Crippen molar-refractivity contribution >= 4 is 28.7 Å². The topological polar surface area (TPSA) is 118 Å². The number of rotatable bonds is 5. The van der Waals surface area contributed by atoms with Gasteiger partial charge in [0.15, 0.2) is 0 Å². The van der Waals surface area contributed by atoms with Crippen LogP contribution in [0, 0.1) is 0 Å². The first-order valence-corrected chi connectivity index (χ1v) is 7.65. The van der Waals surface area contributed by atoms with Gasteiger partial charge in [0.25, 0.3) is 0 Å². The molecule has 0 fully saturated rings. The molecule has 0 unspecified atom stereocenters. The van der Waals surface area contributed by atoms with E-state index in [1.54, 1.807) is 4.57 Å². The van der Waals surface area contributed by atoms with Crippen LogP contribution in [0.5, 0.6) is 0 Å². The second kappa shape index (κ2) is 6.07. The number of hydrogen-bond donors (Lipinski definition) is 2. The van der Waals surface area contributed by atoms with Gasteiger partial charge in [-0.2, -0.15) is 0 Å². The number of aromatic carboxylic acids is 1. The van der Waals surface area contributed by atoms with Crippen LogP contribution in [-0.2, 0) is 22.6 Å². The molecule has 1 aliphatic heterocycles. The molecule has 0 saturated carbocycles. The van der Waals surface area contributed by atoms with Gasteiger partial charge in [-0.05, 0) is 20.8 Å². The second-order valence-electron chi connectivity index (χ2n) is 5.42. The number of aryl methyl sites for hydroxylation is 1. The number of pyridine rings is 1. The Kier molecular flexibility index (Phi) is 4.51. The standard InChI is InChI=1S/C14H16N2O6S/c1-4-16-6-8(12(18)19)10(17)7-5-9(23-11(7)16)15-22-14(2,3)13(20)21/h6H,4-5H2,1-3H3,(H,18,19)(H,20,21). The molecule has 9 heteroatoms. The highest BCUT2D eigenvalue weighted by Crippen LogP contribution is 2.32. The lowest BCUT2D eigenvalue weighted by molar-refractivity contribution is -0.161. The summed E-state index contributed by atoms with van der Waals surface area (Å²) >= 11 is 1.18. The van der Waals surface area contributed by atoms with Crippen molar-refractivity contribution in [2.24, 2.45) is 5.16 Å². The average Bonchev–Trinajstić information content (AvgIpc) is 2.90. The van der Waals surface area contributed by atoms with Gasteiger partial charge in [-0.1, -0.05) is 16.9 Å². The van der Waals surface area contributed by atoms with Gasteiger partial charge in [-0.3, -0.25) is 4.79 Å². The van der Waals surface area contributed by atoms with Gasteiger partial charge < -0.3 is 19.6 Å². The number of carboxylic acids is 2. The monoisotopic (exact) mass is 340 g/mol. The lowest BCUT2D eigenvalue weighted by Crippen LogP contribution is -2.33. The number of oxime groups is 1. The molecule has 8 nitrogen and oxygen atoms in total. The third-order valence-electron chi connectivity index (χ3n) is 3.33. The van der Waals surface area contributed by atoms with Gasteiger partial charge in [-0.25, -0.2) is 9.59 Å². The minimum Gasteiger partial charge on any atom is -0.478 e. The van der Waals surface area contributed by atoms with Crippen molar-refractivity contribution in [1.29, 1.82) is 0 Å². The van der Waals surface area contributed by atoms with Crippen LogP contribution >= 0.6 is 11.8 Å². The smallest absolute Gasteiger partial charge is 0.350 e. The van der Waals surface area contributed by atoms with E-state index in [1.807, 2.05) is 6.92 Å². The first kappa shape index (κ1) is 17.1. The molecular weight excluding hydrogens is 324 g/mol. The maximum Gasteiger partial charge on any atom is 0.350 e. The van der Waals surface area contributed by atoms with Crippen LogP contribution in [-0.4, -0.2) is 37.4 Å². The summed E-state index contributed by atoms with van der Waals surface area (Å²) in [6.45, 7) is 5.04. The van der Waals surface area contributed by atoms with Crippen molar-refractivity contribution in [3.8, 4) is 0 Å². The quantitative estimate of drug-likeness (QED) is 0.778. The summed E-state index contributed by atoms with van der Waals surface area (Å²) in [5.41, 5.74) is -1.99. The third-order valence-corrected chi connectivity index (χ3v) is 4.46. The van der Waals surface area contributed by atoms with E-state index in [4.69, 9.17) is 15.1 Å². The van der Waals surface area contributed by atoms with Crippen molar-refractivity contribution in [2.45, 2.75) is 44.4 Å². The number of thioether (sulfide) groups is 1. The Labute approximate surface area is 135 Å². The molecule has 0 amide bonds. The zero-order chi connectivity index (χ0) is 17.4. The van der Waals surface area contributed by atoms with Crippen LogP contribution in [0.4, 0.5) is 0 Å². The van der Waals surface area contributed by atoms with Crippen LogP contribution < -0.4 is 5.43 Å². The largest absolute Gasteiger partial charge is 0.478 e. The molecule has 1 aliphatic rings. The normalized spacial score (nSPS) is 15.5. The number of aliphatic carboxylic acids is 1. The number of nitrogens with zero attached hydrogens (tertiary/aromatic N) is 2. The van der Waals surface area contributed by atoms with E-state index in [2.05, 4.69) is 5.16 Å². The fourth-order valence-corrected chi connectivity index (χ4v) is 3.02. The van der Waals surface area contributed by atoms with E-state index in [9.17, 15) is 14.4 Å². The van der Waals surface area contributed by atoms with Crippen LogP contribution in [0.15, 0.2) is 21.2 Å². The van der Waals surface area contributed by atoms with Gasteiger partial charge in [0, 0.05) is 24.7 Å². The minimum absolute atomic E-state index is 0.121. The van der Waals surface area contributed by atoms with Crippen LogP contribution in [0.2, 0.25) is 0 Å².